The Morgan fingerprint density at radius 1 is 1.43 bits per heavy atom. The van der Waals surface area contributed by atoms with Gasteiger partial charge in [0.15, 0.2) is 17.3 Å². The van der Waals surface area contributed by atoms with Crippen LogP contribution < -0.4 is 9.47 Å². The van der Waals surface area contributed by atoms with E-state index in [-0.39, 0.29) is 5.78 Å². The predicted octanol–water partition coefficient (Wildman–Crippen LogP) is 2.30. The summed E-state index contributed by atoms with van der Waals surface area (Å²) in [7, 11) is 1.53. The second-order valence-electron chi connectivity index (χ2n) is 2.83. The molecule has 0 aliphatic carbocycles. The van der Waals surface area contributed by atoms with Gasteiger partial charge < -0.3 is 9.47 Å². The first-order valence-electron chi connectivity index (χ1n) is 4.51. The lowest BCUT2D eigenvalue weighted by atomic mass is 10.1. The maximum atomic E-state index is 11.2. The molecule has 0 aliphatic rings. The highest BCUT2D eigenvalue weighted by Gasteiger charge is 2.12. The highest BCUT2D eigenvalue weighted by atomic mass is 16.5. The van der Waals surface area contributed by atoms with Gasteiger partial charge in [0.2, 0.25) is 0 Å². The average Bonchev–Trinajstić information content (AvgIpc) is 2.18. The molecular formula is C11H14O3. The summed E-state index contributed by atoms with van der Waals surface area (Å²) in [5.74, 6) is 1.10. The van der Waals surface area contributed by atoms with Crippen molar-refractivity contribution in [2.45, 2.75) is 13.8 Å². The van der Waals surface area contributed by atoms with Crippen LogP contribution in [0.4, 0.5) is 0 Å². The molecule has 0 atom stereocenters. The molecule has 0 unspecified atom stereocenters. The molecule has 1 aromatic rings. The van der Waals surface area contributed by atoms with Crippen LogP contribution in [0.3, 0.4) is 0 Å². The Morgan fingerprint density at radius 2 is 2.14 bits per heavy atom. The van der Waals surface area contributed by atoms with Gasteiger partial charge in [-0.05, 0) is 26.0 Å². The van der Waals surface area contributed by atoms with Crippen molar-refractivity contribution in [3.8, 4) is 11.5 Å². The lowest BCUT2D eigenvalue weighted by Gasteiger charge is -2.11. The van der Waals surface area contributed by atoms with Crippen molar-refractivity contribution < 1.29 is 14.3 Å². The van der Waals surface area contributed by atoms with Gasteiger partial charge in [0.1, 0.15) is 0 Å². The number of methoxy groups -OCH3 is 1. The summed E-state index contributed by atoms with van der Waals surface area (Å²) in [6, 6.07) is 5.29. The number of Topliss-reactive ketones (excluding diaryl/α,β-unsaturated/α-hetero) is 1. The Morgan fingerprint density at radius 3 is 2.64 bits per heavy atom. The minimum Gasteiger partial charge on any atom is -0.492 e. The van der Waals surface area contributed by atoms with Crippen molar-refractivity contribution in [1.82, 2.24) is 0 Å². The van der Waals surface area contributed by atoms with Crippen molar-refractivity contribution in [2.24, 2.45) is 0 Å². The zero-order valence-electron chi connectivity index (χ0n) is 8.66. The highest BCUT2D eigenvalue weighted by Crippen LogP contribution is 2.31. The van der Waals surface area contributed by atoms with Crippen molar-refractivity contribution in [3.05, 3.63) is 23.8 Å². The van der Waals surface area contributed by atoms with E-state index < -0.39 is 0 Å². The van der Waals surface area contributed by atoms with Gasteiger partial charge >= 0.3 is 0 Å². The second-order valence-corrected chi connectivity index (χ2v) is 2.83. The first kappa shape index (κ1) is 10.6. The average molecular weight is 194 g/mol. The molecule has 0 bridgehead atoms. The molecule has 0 heterocycles. The van der Waals surface area contributed by atoms with Gasteiger partial charge in [0.05, 0.1) is 19.3 Å². The van der Waals surface area contributed by atoms with E-state index in [0.29, 0.717) is 23.7 Å². The van der Waals surface area contributed by atoms with Gasteiger partial charge in [-0.15, -0.1) is 0 Å². The van der Waals surface area contributed by atoms with Gasteiger partial charge in [-0.3, -0.25) is 4.79 Å². The molecule has 0 amide bonds. The monoisotopic (exact) mass is 194 g/mol. The molecule has 0 aromatic heterocycles. The number of benzene rings is 1. The van der Waals surface area contributed by atoms with E-state index in [1.807, 2.05) is 6.92 Å². The Bertz CT molecular complexity index is 331. The number of ether oxygens (including phenoxy) is 2. The van der Waals surface area contributed by atoms with Crippen molar-refractivity contribution in [1.29, 1.82) is 0 Å². The smallest absolute Gasteiger partial charge is 0.171 e. The second kappa shape index (κ2) is 4.65. The van der Waals surface area contributed by atoms with E-state index in [9.17, 15) is 4.79 Å². The summed E-state index contributed by atoms with van der Waals surface area (Å²) in [4.78, 5) is 11.2. The van der Waals surface area contributed by atoms with Gasteiger partial charge in [-0.2, -0.15) is 0 Å². The summed E-state index contributed by atoms with van der Waals surface area (Å²) >= 11 is 0. The number of carbonyl (C=O) groups is 1. The summed E-state index contributed by atoms with van der Waals surface area (Å²) in [6.07, 6.45) is 0. The SMILES string of the molecule is CCOc1cccc(C(C)=O)c1OC. The minimum absolute atomic E-state index is 0.0246. The fourth-order valence-electron chi connectivity index (χ4n) is 1.27. The summed E-state index contributed by atoms with van der Waals surface area (Å²) in [5, 5.41) is 0. The normalized spacial score (nSPS) is 9.64. The number of hydrogen-bond donors (Lipinski definition) is 0. The van der Waals surface area contributed by atoms with Crippen LogP contribution in [0, 0.1) is 0 Å². The number of carbonyl (C=O) groups excluding carboxylic acids is 1. The molecule has 76 valence electrons. The van der Waals surface area contributed by atoms with E-state index in [4.69, 9.17) is 9.47 Å². The molecule has 0 saturated carbocycles. The summed E-state index contributed by atoms with van der Waals surface area (Å²) < 4.78 is 10.5. The van der Waals surface area contributed by atoms with E-state index in [0.717, 1.165) is 0 Å². The van der Waals surface area contributed by atoms with Gasteiger partial charge in [0.25, 0.3) is 0 Å². The van der Waals surface area contributed by atoms with Crippen LogP contribution in [0.15, 0.2) is 18.2 Å². The van der Waals surface area contributed by atoms with E-state index in [2.05, 4.69) is 0 Å². The molecule has 0 aliphatic heterocycles. The van der Waals surface area contributed by atoms with E-state index in [1.165, 1.54) is 14.0 Å². The minimum atomic E-state index is -0.0246. The molecule has 3 nitrogen and oxygen atoms in total. The van der Waals surface area contributed by atoms with E-state index >= 15 is 0 Å². The molecule has 0 saturated heterocycles. The Labute approximate surface area is 83.6 Å². The third kappa shape index (κ3) is 2.05. The highest BCUT2D eigenvalue weighted by molar-refractivity contribution is 5.97. The third-order valence-electron chi connectivity index (χ3n) is 1.86. The summed E-state index contributed by atoms with van der Waals surface area (Å²) in [5.41, 5.74) is 0.554. The van der Waals surface area contributed by atoms with Crippen LogP contribution in [0.1, 0.15) is 24.2 Å². The number of rotatable bonds is 4. The molecule has 0 N–H and O–H groups in total. The largest absolute Gasteiger partial charge is 0.492 e. The van der Waals surface area contributed by atoms with Crippen LogP contribution in [-0.2, 0) is 0 Å². The molecule has 0 radical (unpaired) electrons. The fraction of sp³-hybridized carbons (Fsp3) is 0.364. The van der Waals surface area contributed by atoms with Gasteiger partial charge in [0, 0.05) is 0 Å². The van der Waals surface area contributed by atoms with Crippen LogP contribution >= 0.6 is 0 Å². The molecule has 0 spiro atoms. The van der Waals surface area contributed by atoms with Crippen molar-refractivity contribution in [3.63, 3.8) is 0 Å². The Kier molecular flexibility index (Phi) is 3.51. The van der Waals surface area contributed by atoms with Crippen LogP contribution in [-0.4, -0.2) is 19.5 Å². The Balaban J connectivity index is 3.17. The molecule has 1 aromatic carbocycles. The van der Waals surface area contributed by atoms with E-state index in [1.54, 1.807) is 18.2 Å². The molecule has 0 fully saturated rings. The molecule has 3 heteroatoms. The van der Waals surface area contributed by atoms with Crippen molar-refractivity contribution in [2.75, 3.05) is 13.7 Å². The van der Waals surface area contributed by atoms with Gasteiger partial charge in [-0.1, -0.05) is 6.07 Å². The van der Waals surface area contributed by atoms with Gasteiger partial charge in [-0.25, -0.2) is 0 Å². The van der Waals surface area contributed by atoms with Crippen molar-refractivity contribution >= 4 is 5.78 Å². The van der Waals surface area contributed by atoms with Crippen LogP contribution in [0.25, 0.3) is 0 Å². The lowest BCUT2D eigenvalue weighted by Crippen LogP contribution is -2.01. The van der Waals surface area contributed by atoms with Crippen LogP contribution in [0.5, 0.6) is 11.5 Å². The predicted molar refractivity (Wildman–Crippen MR) is 54.2 cm³/mol. The number of para-hydroxylation sites is 1. The maximum absolute atomic E-state index is 11.2. The maximum Gasteiger partial charge on any atom is 0.171 e. The molecule has 1 rings (SSSR count). The Hall–Kier alpha value is -1.51. The quantitative estimate of drug-likeness (QED) is 0.690. The first-order valence-corrected chi connectivity index (χ1v) is 4.51. The molecule has 14 heavy (non-hydrogen) atoms. The standard InChI is InChI=1S/C11H14O3/c1-4-14-10-7-5-6-9(8(2)12)11(10)13-3/h5-7H,4H2,1-3H3. The lowest BCUT2D eigenvalue weighted by molar-refractivity contribution is 0.101. The topological polar surface area (TPSA) is 35.5 Å². The van der Waals surface area contributed by atoms with Crippen LogP contribution in [0.2, 0.25) is 0 Å². The fourth-order valence-corrected chi connectivity index (χ4v) is 1.27. The number of ketones is 1. The summed E-state index contributed by atoms with van der Waals surface area (Å²) in [6.45, 7) is 3.95. The number of hydrogen-bond acceptors (Lipinski definition) is 3. The third-order valence-corrected chi connectivity index (χ3v) is 1.86. The zero-order valence-corrected chi connectivity index (χ0v) is 8.66. The first-order chi connectivity index (χ1) is 6.70. The molecular weight excluding hydrogens is 180 g/mol. The zero-order chi connectivity index (χ0) is 10.6.